The summed E-state index contributed by atoms with van der Waals surface area (Å²) in [5.41, 5.74) is -0.384. The molecule has 1 heterocycles. The van der Waals surface area contributed by atoms with Gasteiger partial charge < -0.3 is 9.47 Å². The van der Waals surface area contributed by atoms with E-state index in [1.54, 1.807) is 6.08 Å². The average Bonchev–Trinajstić information content (AvgIpc) is 2.90. The van der Waals surface area contributed by atoms with Crippen molar-refractivity contribution in [2.24, 2.45) is 29.1 Å². The summed E-state index contributed by atoms with van der Waals surface area (Å²) in [6, 6.07) is 0. The highest BCUT2D eigenvalue weighted by molar-refractivity contribution is 5.82. The fraction of sp³-hybridized carbons (Fsp3) is 0.632. The van der Waals surface area contributed by atoms with Crippen molar-refractivity contribution in [1.29, 1.82) is 0 Å². The van der Waals surface area contributed by atoms with Crippen molar-refractivity contribution in [2.75, 3.05) is 7.11 Å². The minimum absolute atomic E-state index is 0.0421. The quantitative estimate of drug-likeness (QED) is 0.439. The van der Waals surface area contributed by atoms with Crippen LogP contribution in [0.1, 0.15) is 33.1 Å². The minimum Gasteiger partial charge on any atom is -0.486 e. The highest BCUT2D eigenvalue weighted by atomic mass is 16.5. The van der Waals surface area contributed by atoms with Gasteiger partial charge in [-0.3, -0.25) is 0 Å². The Labute approximate surface area is 133 Å². The van der Waals surface area contributed by atoms with E-state index in [0.717, 1.165) is 25.0 Å². The highest BCUT2D eigenvalue weighted by Crippen LogP contribution is 2.78. The highest BCUT2D eigenvalue weighted by Gasteiger charge is 2.78. The molecule has 6 unspecified atom stereocenters. The lowest BCUT2D eigenvalue weighted by molar-refractivity contribution is -0.135. The normalized spacial score (nSPS) is 46.6. The molecule has 1 aliphatic heterocycles. The summed E-state index contributed by atoms with van der Waals surface area (Å²) in [7, 11) is 1.41. The number of rotatable bonds is 5. The lowest BCUT2D eigenvalue weighted by Crippen LogP contribution is -2.57. The first kappa shape index (κ1) is 15.4. The van der Waals surface area contributed by atoms with E-state index in [2.05, 4.69) is 33.1 Å². The number of esters is 1. The molecule has 2 aliphatic carbocycles. The molecule has 3 nitrogen and oxygen atoms in total. The van der Waals surface area contributed by atoms with Crippen LogP contribution in [0.3, 0.4) is 0 Å². The van der Waals surface area contributed by atoms with Gasteiger partial charge in [0.2, 0.25) is 0 Å². The van der Waals surface area contributed by atoms with E-state index in [0.29, 0.717) is 23.7 Å². The van der Waals surface area contributed by atoms with Crippen LogP contribution in [0.15, 0.2) is 37.1 Å². The number of hydrogen-bond acceptors (Lipinski definition) is 3. The molecule has 1 saturated heterocycles. The van der Waals surface area contributed by atoms with Crippen molar-refractivity contribution >= 4 is 5.97 Å². The Kier molecular flexibility index (Phi) is 3.50. The van der Waals surface area contributed by atoms with Gasteiger partial charge in [-0.05, 0) is 36.7 Å². The van der Waals surface area contributed by atoms with Crippen LogP contribution in [0.5, 0.6) is 0 Å². The smallest absolute Gasteiger partial charge is 0.333 e. The van der Waals surface area contributed by atoms with Gasteiger partial charge in [0.25, 0.3) is 0 Å². The second-order valence-corrected chi connectivity index (χ2v) is 6.86. The predicted molar refractivity (Wildman–Crippen MR) is 85.9 cm³/mol. The summed E-state index contributed by atoms with van der Waals surface area (Å²) in [5, 5.41) is 0. The monoisotopic (exact) mass is 302 g/mol. The first-order valence-corrected chi connectivity index (χ1v) is 8.29. The summed E-state index contributed by atoms with van der Waals surface area (Å²) in [4.78, 5) is 11.8. The van der Waals surface area contributed by atoms with Gasteiger partial charge in [-0.1, -0.05) is 32.9 Å². The van der Waals surface area contributed by atoms with Crippen molar-refractivity contribution in [2.45, 2.75) is 38.7 Å². The van der Waals surface area contributed by atoms with Crippen LogP contribution in [-0.4, -0.2) is 18.7 Å². The number of hydrogen-bond donors (Lipinski definition) is 0. The summed E-state index contributed by atoms with van der Waals surface area (Å²) in [5.74, 6) is 2.49. The Morgan fingerprint density at radius 2 is 2.18 bits per heavy atom. The Bertz CT molecular complexity index is 549. The van der Waals surface area contributed by atoms with Crippen molar-refractivity contribution < 1.29 is 14.3 Å². The molecule has 3 rings (SSSR count). The zero-order valence-electron chi connectivity index (χ0n) is 13.8. The fourth-order valence-corrected chi connectivity index (χ4v) is 5.83. The van der Waals surface area contributed by atoms with Crippen molar-refractivity contribution in [3.63, 3.8) is 0 Å². The van der Waals surface area contributed by atoms with Crippen molar-refractivity contribution in [3.8, 4) is 0 Å². The molecule has 0 bridgehead atoms. The maximum Gasteiger partial charge on any atom is 0.333 e. The van der Waals surface area contributed by atoms with Gasteiger partial charge in [0.15, 0.2) is 0 Å². The van der Waals surface area contributed by atoms with Crippen LogP contribution in [0.2, 0.25) is 0 Å². The topological polar surface area (TPSA) is 35.5 Å². The van der Waals surface area contributed by atoms with Crippen LogP contribution in [0.25, 0.3) is 0 Å². The molecule has 3 fully saturated rings. The average molecular weight is 302 g/mol. The zero-order chi connectivity index (χ0) is 16.1. The molecule has 0 aromatic carbocycles. The minimum atomic E-state index is -0.342. The predicted octanol–water partition coefficient (Wildman–Crippen LogP) is 3.87. The summed E-state index contributed by atoms with van der Waals surface area (Å²) >= 11 is 0. The van der Waals surface area contributed by atoms with E-state index in [1.165, 1.54) is 7.11 Å². The molecule has 3 heteroatoms. The molecular weight excluding hydrogens is 276 g/mol. The van der Waals surface area contributed by atoms with Gasteiger partial charge in [-0.25, -0.2) is 4.79 Å². The molecule has 0 N–H and O–H groups in total. The lowest BCUT2D eigenvalue weighted by atomic mass is 9.43. The van der Waals surface area contributed by atoms with Crippen molar-refractivity contribution in [3.05, 3.63) is 37.1 Å². The largest absolute Gasteiger partial charge is 0.486 e. The molecule has 0 spiro atoms. The van der Waals surface area contributed by atoms with Gasteiger partial charge in [-0.15, -0.1) is 6.58 Å². The second-order valence-electron chi connectivity index (χ2n) is 6.86. The summed E-state index contributed by atoms with van der Waals surface area (Å²) < 4.78 is 11.2. The van der Waals surface area contributed by atoms with Crippen LogP contribution in [-0.2, 0) is 14.3 Å². The molecule has 0 aromatic heterocycles. The van der Waals surface area contributed by atoms with E-state index in [1.807, 2.05) is 6.08 Å². The Morgan fingerprint density at radius 1 is 1.45 bits per heavy atom. The Morgan fingerprint density at radius 3 is 2.68 bits per heavy atom. The van der Waals surface area contributed by atoms with Gasteiger partial charge in [0.05, 0.1) is 13.2 Å². The molecule has 0 radical (unpaired) electrons. The second kappa shape index (κ2) is 5.00. The van der Waals surface area contributed by atoms with Crippen molar-refractivity contribution in [1.82, 2.24) is 0 Å². The third kappa shape index (κ3) is 1.55. The summed E-state index contributed by atoms with van der Waals surface area (Å²) in [6.45, 7) is 12.5. The SMILES string of the molecule is C=CC1CC2(C=C)O/C(=C/C(=O)OC)C3(CC)C(CC)C1C23. The van der Waals surface area contributed by atoms with E-state index in [-0.39, 0.29) is 17.0 Å². The molecule has 22 heavy (non-hydrogen) atoms. The van der Waals surface area contributed by atoms with Crippen LogP contribution < -0.4 is 0 Å². The van der Waals surface area contributed by atoms with Gasteiger partial charge >= 0.3 is 5.97 Å². The molecule has 120 valence electrons. The molecule has 3 aliphatic rings. The standard InChI is InChI=1S/C19H26O3/c1-6-12-11-18(8-3)17-16(12)13(7-2)19(17,9-4)14(22-18)10-15(20)21-5/h6,8,10,12-13,16-17H,1,3,7,9,11H2,2,4-5H3/b14-10+. The zero-order valence-corrected chi connectivity index (χ0v) is 13.8. The van der Waals surface area contributed by atoms with E-state index < -0.39 is 0 Å². The van der Waals surface area contributed by atoms with Gasteiger partial charge in [-0.2, -0.15) is 0 Å². The number of allylic oxidation sites excluding steroid dienone is 2. The molecule has 0 aromatic rings. The first-order chi connectivity index (χ1) is 10.5. The maximum atomic E-state index is 11.8. The number of carbonyl (C=O) groups is 1. The molecular formula is C19H26O3. The van der Waals surface area contributed by atoms with Crippen LogP contribution in [0, 0.1) is 29.1 Å². The van der Waals surface area contributed by atoms with Crippen LogP contribution >= 0.6 is 0 Å². The van der Waals surface area contributed by atoms with E-state index >= 15 is 0 Å². The number of carbonyl (C=O) groups excluding carboxylic acids is 1. The van der Waals surface area contributed by atoms with Gasteiger partial charge in [0.1, 0.15) is 11.4 Å². The Hall–Kier alpha value is -1.51. The lowest BCUT2D eigenvalue weighted by Gasteiger charge is -2.57. The van der Waals surface area contributed by atoms with E-state index in [4.69, 9.17) is 9.47 Å². The first-order valence-electron chi connectivity index (χ1n) is 8.29. The van der Waals surface area contributed by atoms with Gasteiger partial charge in [0, 0.05) is 11.3 Å². The number of methoxy groups -OCH3 is 1. The Balaban J connectivity index is 2.11. The third-order valence-corrected chi connectivity index (χ3v) is 6.52. The molecule has 6 atom stereocenters. The molecule has 0 amide bonds. The summed E-state index contributed by atoms with van der Waals surface area (Å²) in [6.07, 6.45) is 8.61. The molecule has 2 saturated carbocycles. The fourth-order valence-electron chi connectivity index (χ4n) is 5.83. The van der Waals surface area contributed by atoms with E-state index in [9.17, 15) is 4.79 Å². The third-order valence-electron chi connectivity index (χ3n) is 6.52. The number of ether oxygens (including phenoxy) is 2. The van der Waals surface area contributed by atoms with Crippen LogP contribution in [0.4, 0.5) is 0 Å². The maximum absolute atomic E-state index is 11.8.